The summed E-state index contributed by atoms with van der Waals surface area (Å²) in [4.78, 5) is 18.0. The molecule has 1 aliphatic heterocycles. The molecular formula is C20H18ClN3OS. The largest absolute Gasteiger partial charge is 0.312 e. The molecule has 0 saturated carbocycles. The van der Waals surface area contributed by atoms with Gasteiger partial charge in [0, 0.05) is 34.6 Å². The van der Waals surface area contributed by atoms with Crippen LogP contribution in [0.5, 0.6) is 0 Å². The number of hydrogen-bond acceptors (Lipinski definition) is 4. The molecule has 1 amide bonds. The third-order valence-corrected chi connectivity index (χ3v) is 5.59. The summed E-state index contributed by atoms with van der Waals surface area (Å²) in [7, 11) is 0. The summed E-state index contributed by atoms with van der Waals surface area (Å²) in [5.41, 5.74) is 4.37. The van der Waals surface area contributed by atoms with Gasteiger partial charge in [-0.25, -0.2) is 4.98 Å². The van der Waals surface area contributed by atoms with Crippen molar-refractivity contribution >= 4 is 34.0 Å². The monoisotopic (exact) mass is 383 g/mol. The summed E-state index contributed by atoms with van der Waals surface area (Å²) in [6.45, 7) is 1.83. The molecule has 0 radical (unpaired) electrons. The van der Waals surface area contributed by atoms with Crippen LogP contribution in [-0.2, 0) is 19.4 Å². The number of rotatable bonds is 4. The Kier molecular flexibility index (Phi) is 5.02. The van der Waals surface area contributed by atoms with Crippen molar-refractivity contribution in [1.29, 1.82) is 0 Å². The molecule has 0 unspecified atom stereocenters. The third kappa shape index (κ3) is 3.96. The van der Waals surface area contributed by atoms with Crippen LogP contribution in [0.15, 0.2) is 48.7 Å². The van der Waals surface area contributed by atoms with Crippen molar-refractivity contribution in [3.05, 3.63) is 80.8 Å². The minimum absolute atomic E-state index is 0.112. The summed E-state index contributed by atoms with van der Waals surface area (Å²) < 4.78 is 0. The molecule has 2 heterocycles. The fourth-order valence-electron chi connectivity index (χ4n) is 3.04. The molecule has 2 N–H and O–H groups in total. The Morgan fingerprint density at radius 2 is 2.04 bits per heavy atom. The lowest BCUT2D eigenvalue weighted by atomic mass is 9.98. The van der Waals surface area contributed by atoms with Crippen LogP contribution in [0.25, 0.3) is 0 Å². The molecule has 0 spiro atoms. The number of halogens is 1. The van der Waals surface area contributed by atoms with E-state index in [0.29, 0.717) is 10.7 Å². The van der Waals surface area contributed by atoms with E-state index >= 15 is 0 Å². The molecule has 26 heavy (non-hydrogen) atoms. The Bertz CT molecular complexity index is 936. The summed E-state index contributed by atoms with van der Waals surface area (Å²) in [5, 5.41) is 7.60. The van der Waals surface area contributed by atoms with Crippen LogP contribution in [0.1, 0.15) is 31.9 Å². The standard InChI is InChI=1S/C20H18ClN3OS/c21-17-5-1-13(2-6-17)9-18-12-23-20(26-18)24-19(25)15-3-4-16-11-22-8-7-14(16)10-15/h1-6,10,12,22H,7-9,11H2,(H,23,24,25). The second-order valence-corrected chi connectivity index (χ2v) is 7.85. The maximum absolute atomic E-state index is 12.5. The van der Waals surface area contributed by atoms with E-state index < -0.39 is 0 Å². The van der Waals surface area contributed by atoms with Gasteiger partial charge in [-0.2, -0.15) is 0 Å². The van der Waals surface area contributed by atoms with Gasteiger partial charge in [0.2, 0.25) is 0 Å². The van der Waals surface area contributed by atoms with Gasteiger partial charge < -0.3 is 5.32 Å². The number of anilines is 1. The quantitative estimate of drug-likeness (QED) is 0.706. The highest BCUT2D eigenvalue weighted by Gasteiger charge is 2.14. The number of carbonyl (C=O) groups is 1. The zero-order valence-corrected chi connectivity index (χ0v) is 15.7. The molecule has 0 fully saturated rings. The first kappa shape index (κ1) is 17.2. The number of fused-ring (bicyclic) bond motifs is 1. The van der Waals surface area contributed by atoms with Gasteiger partial charge in [-0.15, -0.1) is 11.3 Å². The zero-order chi connectivity index (χ0) is 17.9. The Hall–Kier alpha value is -2.21. The normalized spacial score (nSPS) is 13.3. The molecule has 0 aliphatic carbocycles. The molecule has 0 bridgehead atoms. The molecular weight excluding hydrogens is 366 g/mol. The van der Waals surface area contributed by atoms with Gasteiger partial charge in [-0.05, 0) is 53.9 Å². The van der Waals surface area contributed by atoms with Gasteiger partial charge >= 0.3 is 0 Å². The van der Waals surface area contributed by atoms with Crippen molar-refractivity contribution in [1.82, 2.24) is 10.3 Å². The van der Waals surface area contributed by atoms with E-state index in [1.807, 2.05) is 48.7 Å². The lowest BCUT2D eigenvalue weighted by Crippen LogP contribution is -2.24. The first-order chi connectivity index (χ1) is 12.7. The van der Waals surface area contributed by atoms with Crippen LogP contribution < -0.4 is 10.6 Å². The third-order valence-electron chi connectivity index (χ3n) is 4.42. The number of hydrogen-bond donors (Lipinski definition) is 2. The smallest absolute Gasteiger partial charge is 0.257 e. The first-order valence-electron chi connectivity index (χ1n) is 8.50. The predicted molar refractivity (Wildman–Crippen MR) is 106 cm³/mol. The van der Waals surface area contributed by atoms with Crippen LogP contribution in [0.3, 0.4) is 0 Å². The fraction of sp³-hybridized carbons (Fsp3) is 0.200. The molecule has 0 atom stereocenters. The molecule has 6 heteroatoms. The van der Waals surface area contributed by atoms with E-state index in [4.69, 9.17) is 11.6 Å². The lowest BCUT2D eigenvalue weighted by Gasteiger charge is -2.17. The number of thiazole rings is 1. The van der Waals surface area contributed by atoms with Gasteiger partial charge in [0.1, 0.15) is 0 Å². The van der Waals surface area contributed by atoms with Crippen LogP contribution in [0.4, 0.5) is 5.13 Å². The van der Waals surface area contributed by atoms with Gasteiger partial charge in [-0.1, -0.05) is 29.8 Å². The van der Waals surface area contributed by atoms with Crippen LogP contribution >= 0.6 is 22.9 Å². The Morgan fingerprint density at radius 1 is 1.19 bits per heavy atom. The van der Waals surface area contributed by atoms with Crippen molar-refractivity contribution in [2.24, 2.45) is 0 Å². The Labute approximate surface area is 161 Å². The summed E-state index contributed by atoms with van der Waals surface area (Å²) >= 11 is 7.42. The van der Waals surface area contributed by atoms with Gasteiger partial charge in [0.25, 0.3) is 5.91 Å². The fourth-order valence-corrected chi connectivity index (χ4v) is 4.01. The number of amides is 1. The zero-order valence-electron chi connectivity index (χ0n) is 14.1. The molecule has 1 aliphatic rings. The minimum atomic E-state index is -0.112. The van der Waals surface area contributed by atoms with E-state index in [1.165, 1.54) is 28.0 Å². The van der Waals surface area contributed by atoms with Gasteiger partial charge in [0.15, 0.2) is 5.13 Å². The average Bonchev–Trinajstić information content (AvgIpc) is 3.10. The van der Waals surface area contributed by atoms with Gasteiger partial charge in [0.05, 0.1) is 0 Å². The summed E-state index contributed by atoms with van der Waals surface area (Å²) in [6.07, 6.45) is 3.54. The number of nitrogens with one attached hydrogen (secondary N) is 2. The van der Waals surface area contributed by atoms with Crippen molar-refractivity contribution in [2.75, 3.05) is 11.9 Å². The summed E-state index contributed by atoms with van der Waals surface area (Å²) in [6, 6.07) is 13.7. The maximum Gasteiger partial charge on any atom is 0.257 e. The van der Waals surface area contributed by atoms with Crippen molar-refractivity contribution < 1.29 is 4.79 Å². The van der Waals surface area contributed by atoms with Crippen molar-refractivity contribution in [3.63, 3.8) is 0 Å². The summed E-state index contributed by atoms with van der Waals surface area (Å²) in [5.74, 6) is -0.112. The highest BCUT2D eigenvalue weighted by atomic mass is 35.5. The second-order valence-electron chi connectivity index (χ2n) is 6.30. The van der Waals surface area contributed by atoms with Crippen molar-refractivity contribution in [3.8, 4) is 0 Å². The molecule has 1 aromatic heterocycles. The molecule has 132 valence electrons. The van der Waals surface area contributed by atoms with Gasteiger partial charge in [-0.3, -0.25) is 10.1 Å². The molecule has 4 rings (SSSR count). The minimum Gasteiger partial charge on any atom is -0.312 e. The highest BCUT2D eigenvalue weighted by Crippen LogP contribution is 2.23. The van der Waals surface area contributed by atoms with Crippen LogP contribution in [0.2, 0.25) is 5.02 Å². The number of benzene rings is 2. The van der Waals surface area contributed by atoms with Crippen LogP contribution in [-0.4, -0.2) is 17.4 Å². The number of carbonyl (C=O) groups excluding carboxylic acids is 1. The SMILES string of the molecule is O=C(Nc1ncc(Cc2ccc(Cl)cc2)s1)c1ccc2c(c1)CCNC2. The topological polar surface area (TPSA) is 54.0 Å². The Morgan fingerprint density at radius 3 is 2.88 bits per heavy atom. The number of aromatic nitrogens is 1. The highest BCUT2D eigenvalue weighted by molar-refractivity contribution is 7.15. The lowest BCUT2D eigenvalue weighted by molar-refractivity contribution is 0.102. The number of nitrogens with zero attached hydrogens (tertiary/aromatic N) is 1. The molecule has 0 saturated heterocycles. The maximum atomic E-state index is 12.5. The van der Waals surface area contributed by atoms with E-state index in [0.717, 1.165) is 35.8 Å². The average molecular weight is 384 g/mol. The Balaban J connectivity index is 1.43. The van der Waals surface area contributed by atoms with E-state index in [9.17, 15) is 4.79 Å². The molecule has 3 aromatic rings. The van der Waals surface area contributed by atoms with Crippen LogP contribution in [0, 0.1) is 0 Å². The van der Waals surface area contributed by atoms with Crippen molar-refractivity contribution in [2.45, 2.75) is 19.4 Å². The van der Waals surface area contributed by atoms with E-state index in [1.54, 1.807) is 0 Å². The second kappa shape index (κ2) is 7.58. The predicted octanol–water partition coefficient (Wildman–Crippen LogP) is 4.29. The van der Waals surface area contributed by atoms with E-state index in [-0.39, 0.29) is 5.91 Å². The first-order valence-corrected chi connectivity index (χ1v) is 9.70. The molecule has 4 nitrogen and oxygen atoms in total. The van der Waals surface area contributed by atoms with E-state index in [2.05, 4.69) is 15.6 Å². The molecule has 2 aromatic carbocycles.